The van der Waals surface area contributed by atoms with Crippen LogP contribution in [-0.2, 0) is 16.6 Å². The summed E-state index contributed by atoms with van der Waals surface area (Å²) >= 11 is 0. The molecule has 1 aliphatic heterocycles. The van der Waals surface area contributed by atoms with Crippen LogP contribution in [0.1, 0.15) is 13.3 Å². The van der Waals surface area contributed by atoms with Crippen LogP contribution in [0.15, 0.2) is 65.8 Å². The molecule has 2 aromatic carbocycles. The molecule has 0 spiro atoms. The van der Waals surface area contributed by atoms with Crippen molar-refractivity contribution >= 4 is 20.9 Å². The molecule has 1 N–H and O–H groups in total. The lowest BCUT2D eigenvalue weighted by Gasteiger charge is -2.21. The molecule has 2 atom stereocenters. The van der Waals surface area contributed by atoms with Crippen LogP contribution in [0.2, 0.25) is 0 Å². The highest BCUT2D eigenvalue weighted by Gasteiger charge is 2.38. The average Bonchev–Trinajstić information content (AvgIpc) is 3.49. The number of hydrogen-bond donors (Lipinski definition) is 1. The van der Waals surface area contributed by atoms with E-state index in [0.717, 1.165) is 35.1 Å². The first kappa shape index (κ1) is 19.9. The molecule has 1 fully saturated rings. The number of sulfonamides is 1. The number of benzene rings is 2. The lowest BCUT2D eigenvalue weighted by atomic mass is 10.1. The molecule has 0 bridgehead atoms. The maximum atomic E-state index is 13.2. The first-order valence-electron chi connectivity index (χ1n) is 10.1. The molecule has 1 aliphatic rings. The summed E-state index contributed by atoms with van der Waals surface area (Å²) in [6, 6.07) is 13.1. The number of H-pyrrole nitrogens is 1. The third-order valence-electron chi connectivity index (χ3n) is 5.96. The van der Waals surface area contributed by atoms with Gasteiger partial charge in [0.1, 0.15) is 11.5 Å². The Morgan fingerprint density at radius 1 is 1.16 bits per heavy atom. The third kappa shape index (κ3) is 3.64. The maximum Gasteiger partial charge on any atom is 0.243 e. The fraction of sp³-hybridized carbons (Fsp3) is 0.273. The Labute approximate surface area is 179 Å². The van der Waals surface area contributed by atoms with E-state index in [2.05, 4.69) is 38.2 Å². The summed E-state index contributed by atoms with van der Waals surface area (Å²) in [5, 5.41) is 11.7. The van der Waals surface area contributed by atoms with E-state index in [-0.39, 0.29) is 16.9 Å². The molecule has 2 unspecified atom stereocenters. The fourth-order valence-corrected chi connectivity index (χ4v) is 6.17. The third-order valence-corrected chi connectivity index (χ3v) is 7.96. The van der Waals surface area contributed by atoms with E-state index in [0.29, 0.717) is 6.54 Å². The predicted molar refractivity (Wildman–Crippen MR) is 115 cm³/mol. The second kappa shape index (κ2) is 7.58. The molecule has 7 nitrogen and oxygen atoms in total. The van der Waals surface area contributed by atoms with Gasteiger partial charge in [0.2, 0.25) is 10.0 Å². The number of halogens is 1. The van der Waals surface area contributed by atoms with Crippen LogP contribution in [0.4, 0.5) is 4.39 Å². The van der Waals surface area contributed by atoms with Gasteiger partial charge in [0.15, 0.2) is 0 Å². The van der Waals surface area contributed by atoms with Gasteiger partial charge in [-0.1, -0.05) is 6.07 Å². The number of fused-ring (bicyclic) bond motifs is 1. The zero-order valence-corrected chi connectivity index (χ0v) is 17.8. The minimum Gasteiger partial charge on any atom is -0.347 e. The highest BCUT2D eigenvalue weighted by molar-refractivity contribution is 7.89. The molecule has 0 aliphatic carbocycles. The summed E-state index contributed by atoms with van der Waals surface area (Å²) < 4.78 is 43.0. The molecule has 4 aromatic rings. The molecule has 1 saturated heterocycles. The van der Waals surface area contributed by atoms with Crippen molar-refractivity contribution < 1.29 is 12.8 Å². The van der Waals surface area contributed by atoms with E-state index in [1.165, 1.54) is 24.3 Å². The number of rotatable bonds is 5. The van der Waals surface area contributed by atoms with Crippen LogP contribution in [0.25, 0.3) is 22.2 Å². The SMILES string of the molecule is CC1CC(Cn2ccc3cc(-c4cn[nH]n4)ccc32)CN1S(=O)(=O)c1ccc(F)cc1. The second-order valence-electron chi connectivity index (χ2n) is 8.08. The number of nitrogens with zero attached hydrogens (tertiary/aromatic N) is 4. The van der Waals surface area contributed by atoms with Crippen molar-refractivity contribution in [2.45, 2.75) is 30.8 Å². The molecule has 31 heavy (non-hydrogen) atoms. The van der Waals surface area contributed by atoms with E-state index in [9.17, 15) is 12.8 Å². The van der Waals surface area contributed by atoms with Gasteiger partial charge < -0.3 is 4.57 Å². The molecule has 9 heteroatoms. The van der Waals surface area contributed by atoms with Crippen LogP contribution in [0.5, 0.6) is 0 Å². The van der Waals surface area contributed by atoms with Gasteiger partial charge in [-0.3, -0.25) is 0 Å². The smallest absolute Gasteiger partial charge is 0.243 e. The van der Waals surface area contributed by atoms with Crippen molar-refractivity contribution in [1.82, 2.24) is 24.3 Å². The van der Waals surface area contributed by atoms with Gasteiger partial charge in [-0.25, -0.2) is 12.8 Å². The molecule has 2 aromatic heterocycles. The van der Waals surface area contributed by atoms with Crippen molar-refractivity contribution in [3.8, 4) is 11.3 Å². The summed E-state index contributed by atoms with van der Waals surface area (Å²) in [5.74, 6) is -0.256. The Morgan fingerprint density at radius 2 is 1.97 bits per heavy atom. The van der Waals surface area contributed by atoms with Crippen LogP contribution in [0.3, 0.4) is 0 Å². The van der Waals surface area contributed by atoms with Crippen LogP contribution in [-0.4, -0.2) is 45.3 Å². The second-order valence-corrected chi connectivity index (χ2v) is 9.97. The summed E-state index contributed by atoms with van der Waals surface area (Å²) in [4.78, 5) is 0.133. The van der Waals surface area contributed by atoms with E-state index in [1.807, 2.05) is 19.2 Å². The van der Waals surface area contributed by atoms with Gasteiger partial charge in [0, 0.05) is 41.8 Å². The standard InChI is InChI=1S/C22H22FN5O2S/c1-15-10-16(14-28(15)31(29,30)20-5-3-19(23)4-6-20)13-27-9-8-18-11-17(2-7-22(18)27)21-12-24-26-25-21/h2-9,11-12,15-16H,10,13-14H2,1H3,(H,24,25,26). The average molecular weight is 440 g/mol. The maximum absolute atomic E-state index is 13.2. The number of hydrogen-bond acceptors (Lipinski definition) is 4. The van der Waals surface area contributed by atoms with Crippen LogP contribution in [0, 0.1) is 11.7 Å². The molecule has 0 amide bonds. The Bertz CT molecular complexity index is 1320. The first-order chi connectivity index (χ1) is 14.9. The van der Waals surface area contributed by atoms with E-state index < -0.39 is 15.8 Å². The van der Waals surface area contributed by atoms with Gasteiger partial charge in [-0.05, 0) is 61.7 Å². The lowest BCUT2D eigenvalue weighted by Crippen LogP contribution is -2.34. The van der Waals surface area contributed by atoms with Crippen molar-refractivity contribution in [1.29, 1.82) is 0 Å². The largest absolute Gasteiger partial charge is 0.347 e. The molecule has 160 valence electrons. The van der Waals surface area contributed by atoms with E-state index in [1.54, 1.807) is 10.5 Å². The van der Waals surface area contributed by atoms with E-state index >= 15 is 0 Å². The highest BCUT2D eigenvalue weighted by Crippen LogP contribution is 2.32. The Morgan fingerprint density at radius 3 is 2.71 bits per heavy atom. The van der Waals surface area contributed by atoms with Gasteiger partial charge in [0.05, 0.1) is 11.1 Å². The Kier molecular flexibility index (Phi) is 4.86. The van der Waals surface area contributed by atoms with Crippen molar-refractivity contribution in [3.05, 3.63) is 66.7 Å². The quantitative estimate of drug-likeness (QED) is 0.514. The Hall–Kier alpha value is -3.04. The van der Waals surface area contributed by atoms with Gasteiger partial charge in [-0.2, -0.15) is 19.7 Å². The minimum atomic E-state index is -3.65. The number of aromatic amines is 1. The minimum absolute atomic E-state index is 0.111. The van der Waals surface area contributed by atoms with Crippen LogP contribution < -0.4 is 0 Å². The zero-order chi connectivity index (χ0) is 21.6. The summed E-state index contributed by atoms with van der Waals surface area (Å²) in [6.45, 7) is 3.10. The van der Waals surface area contributed by atoms with Crippen molar-refractivity contribution in [3.63, 3.8) is 0 Å². The van der Waals surface area contributed by atoms with Gasteiger partial charge >= 0.3 is 0 Å². The highest BCUT2D eigenvalue weighted by atomic mass is 32.2. The first-order valence-corrected chi connectivity index (χ1v) is 11.6. The zero-order valence-electron chi connectivity index (χ0n) is 16.9. The summed E-state index contributed by atoms with van der Waals surface area (Å²) in [5.41, 5.74) is 2.88. The molecule has 3 heterocycles. The predicted octanol–water partition coefficient (Wildman–Crippen LogP) is 3.66. The summed E-state index contributed by atoms with van der Waals surface area (Å²) in [7, 11) is -3.65. The molecule has 0 radical (unpaired) electrons. The topological polar surface area (TPSA) is 83.9 Å². The summed E-state index contributed by atoms with van der Waals surface area (Å²) in [6.07, 6.45) is 4.50. The number of nitrogens with one attached hydrogen (secondary N) is 1. The molecular weight excluding hydrogens is 417 g/mol. The van der Waals surface area contributed by atoms with Crippen molar-refractivity contribution in [2.24, 2.45) is 5.92 Å². The van der Waals surface area contributed by atoms with Gasteiger partial charge in [0.25, 0.3) is 0 Å². The Balaban J connectivity index is 1.35. The van der Waals surface area contributed by atoms with E-state index in [4.69, 9.17) is 0 Å². The molecule has 0 saturated carbocycles. The number of aromatic nitrogens is 4. The normalized spacial score (nSPS) is 19.9. The van der Waals surface area contributed by atoms with Crippen molar-refractivity contribution in [2.75, 3.05) is 6.54 Å². The molecular formula is C22H22FN5O2S. The monoisotopic (exact) mass is 439 g/mol. The fourth-order valence-electron chi connectivity index (χ4n) is 4.46. The lowest BCUT2D eigenvalue weighted by molar-refractivity contribution is 0.399. The van der Waals surface area contributed by atoms with Gasteiger partial charge in [-0.15, -0.1) is 0 Å². The molecule has 5 rings (SSSR count). The van der Waals surface area contributed by atoms with Crippen LogP contribution >= 0.6 is 0 Å².